The molecule has 0 saturated heterocycles. The van der Waals surface area contributed by atoms with Gasteiger partial charge in [-0.1, -0.05) is 37.6 Å². The third-order valence-electron chi connectivity index (χ3n) is 3.87. The Kier molecular flexibility index (Phi) is 7.80. The van der Waals surface area contributed by atoms with Crippen molar-refractivity contribution < 1.29 is 19.0 Å². The van der Waals surface area contributed by atoms with E-state index in [0.29, 0.717) is 24.7 Å². The van der Waals surface area contributed by atoms with Crippen molar-refractivity contribution in [3.8, 4) is 17.2 Å². The second-order valence-corrected chi connectivity index (χ2v) is 5.94. The van der Waals surface area contributed by atoms with E-state index in [9.17, 15) is 4.79 Å². The Morgan fingerprint density at radius 1 is 1.08 bits per heavy atom. The minimum absolute atomic E-state index is 0.196. The smallest absolute Gasteiger partial charge is 0.260 e. The van der Waals surface area contributed by atoms with E-state index in [1.165, 1.54) is 5.56 Å². The molecule has 1 unspecified atom stereocenters. The summed E-state index contributed by atoms with van der Waals surface area (Å²) >= 11 is 0. The van der Waals surface area contributed by atoms with Gasteiger partial charge in [0.1, 0.15) is 12.4 Å². The maximum atomic E-state index is 12.1. The number of ether oxygens (including phenoxy) is 3. The SMILES string of the molecule is CCCc1ccc(OCCNC(=O)C(C)Oc2ccccc2OC)cc1. The van der Waals surface area contributed by atoms with Crippen LogP contribution in [0.25, 0.3) is 0 Å². The summed E-state index contributed by atoms with van der Waals surface area (Å²) in [6.07, 6.45) is 1.57. The maximum absolute atomic E-state index is 12.1. The minimum atomic E-state index is -0.625. The lowest BCUT2D eigenvalue weighted by molar-refractivity contribution is -0.127. The van der Waals surface area contributed by atoms with Crippen molar-refractivity contribution in [3.05, 3.63) is 54.1 Å². The van der Waals surface area contributed by atoms with E-state index < -0.39 is 6.10 Å². The van der Waals surface area contributed by atoms with Crippen molar-refractivity contribution in [3.63, 3.8) is 0 Å². The number of hydrogen-bond acceptors (Lipinski definition) is 4. The molecule has 1 amide bonds. The fourth-order valence-corrected chi connectivity index (χ4v) is 2.49. The Hall–Kier alpha value is -2.69. The predicted octanol–water partition coefficient (Wildman–Crippen LogP) is 3.61. The predicted molar refractivity (Wildman–Crippen MR) is 102 cm³/mol. The molecule has 0 spiro atoms. The zero-order valence-corrected chi connectivity index (χ0v) is 15.7. The molecule has 5 nitrogen and oxygen atoms in total. The molecule has 2 rings (SSSR count). The Bertz CT molecular complexity index is 685. The first-order valence-electron chi connectivity index (χ1n) is 8.93. The Morgan fingerprint density at radius 3 is 2.42 bits per heavy atom. The van der Waals surface area contributed by atoms with Crippen LogP contribution in [0.1, 0.15) is 25.8 Å². The molecule has 2 aromatic rings. The number of carbonyl (C=O) groups is 1. The van der Waals surface area contributed by atoms with Crippen molar-refractivity contribution in [1.29, 1.82) is 0 Å². The van der Waals surface area contributed by atoms with E-state index in [4.69, 9.17) is 14.2 Å². The lowest BCUT2D eigenvalue weighted by Crippen LogP contribution is -2.38. The molecule has 0 aliphatic carbocycles. The molecule has 0 radical (unpaired) electrons. The summed E-state index contributed by atoms with van der Waals surface area (Å²) in [6, 6.07) is 15.3. The van der Waals surface area contributed by atoms with Crippen molar-refractivity contribution in [1.82, 2.24) is 5.32 Å². The van der Waals surface area contributed by atoms with Gasteiger partial charge in [0.25, 0.3) is 5.91 Å². The maximum Gasteiger partial charge on any atom is 0.260 e. The normalized spacial score (nSPS) is 11.5. The molecule has 0 heterocycles. The van der Waals surface area contributed by atoms with Crippen LogP contribution >= 0.6 is 0 Å². The van der Waals surface area contributed by atoms with Crippen LogP contribution in [-0.4, -0.2) is 32.3 Å². The fraction of sp³-hybridized carbons (Fsp3) is 0.381. The van der Waals surface area contributed by atoms with Crippen LogP contribution in [-0.2, 0) is 11.2 Å². The molecule has 2 aromatic carbocycles. The molecule has 0 saturated carbocycles. The van der Waals surface area contributed by atoms with Gasteiger partial charge in [0.05, 0.1) is 13.7 Å². The molecule has 140 valence electrons. The summed E-state index contributed by atoms with van der Waals surface area (Å²) in [4.78, 5) is 12.1. The van der Waals surface area contributed by atoms with Crippen LogP contribution in [0, 0.1) is 0 Å². The average molecular weight is 357 g/mol. The molecule has 0 bridgehead atoms. The van der Waals surface area contributed by atoms with Crippen LogP contribution < -0.4 is 19.5 Å². The quantitative estimate of drug-likeness (QED) is 0.660. The second kappa shape index (κ2) is 10.3. The number of rotatable bonds is 10. The number of benzene rings is 2. The lowest BCUT2D eigenvalue weighted by atomic mass is 10.1. The van der Waals surface area contributed by atoms with Crippen LogP contribution in [0.4, 0.5) is 0 Å². The van der Waals surface area contributed by atoms with E-state index in [-0.39, 0.29) is 5.91 Å². The Balaban J connectivity index is 1.72. The van der Waals surface area contributed by atoms with Gasteiger partial charge >= 0.3 is 0 Å². The number of hydrogen-bond donors (Lipinski definition) is 1. The zero-order chi connectivity index (χ0) is 18.8. The van der Waals surface area contributed by atoms with E-state index in [2.05, 4.69) is 24.4 Å². The highest BCUT2D eigenvalue weighted by molar-refractivity contribution is 5.80. The van der Waals surface area contributed by atoms with Gasteiger partial charge in [0.15, 0.2) is 17.6 Å². The first-order valence-corrected chi connectivity index (χ1v) is 8.93. The molecule has 0 aliphatic rings. The van der Waals surface area contributed by atoms with Gasteiger partial charge in [-0.2, -0.15) is 0 Å². The largest absolute Gasteiger partial charge is 0.493 e. The molecular weight excluding hydrogens is 330 g/mol. The first kappa shape index (κ1) is 19.6. The van der Waals surface area contributed by atoms with Gasteiger partial charge in [-0.05, 0) is 43.2 Å². The number of carbonyl (C=O) groups excluding carboxylic acids is 1. The number of aryl methyl sites for hydroxylation is 1. The Labute approximate surface area is 155 Å². The van der Waals surface area contributed by atoms with Crippen LogP contribution in [0.15, 0.2) is 48.5 Å². The van der Waals surface area contributed by atoms with Crippen LogP contribution in [0.2, 0.25) is 0 Å². The number of methoxy groups -OCH3 is 1. The Morgan fingerprint density at radius 2 is 1.77 bits per heavy atom. The third kappa shape index (κ3) is 5.99. The first-order chi connectivity index (χ1) is 12.6. The molecule has 5 heteroatoms. The average Bonchev–Trinajstić information content (AvgIpc) is 2.67. The number of amides is 1. The molecule has 0 fully saturated rings. The van der Waals surface area contributed by atoms with Crippen molar-refractivity contribution in [2.75, 3.05) is 20.3 Å². The van der Waals surface area contributed by atoms with Gasteiger partial charge in [-0.15, -0.1) is 0 Å². The molecular formula is C21H27NO4. The van der Waals surface area contributed by atoms with Crippen LogP contribution in [0.5, 0.6) is 17.2 Å². The highest BCUT2D eigenvalue weighted by Gasteiger charge is 2.16. The second-order valence-electron chi connectivity index (χ2n) is 5.94. The molecule has 0 aromatic heterocycles. The van der Waals surface area contributed by atoms with Crippen molar-refractivity contribution in [2.24, 2.45) is 0 Å². The van der Waals surface area contributed by atoms with Gasteiger partial charge in [-0.3, -0.25) is 4.79 Å². The summed E-state index contributed by atoms with van der Waals surface area (Å²) in [5.41, 5.74) is 1.30. The van der Waals surface area contributed by atoms with Gasteiger partial charge in [0, 0.05) is 0 Å². The summed E-state index contributed by atoms with van der Waals surface area (Å²) < 4.78 is 16.5. The number of nitrogens with one attached hydrogen (secondary N) is 1. The van der Waals surface area contributed by atoms with Crippen molar-refractivity contribution in [2.45, 2.75) is 32.8 Å². The highest BCUT2D eigenvalue weighted by atomic mass is 16.5. The van der Waals surface area contributed by atoms with Gasteiger partial charge < -0.3 is 19.5 Å². The molecule has 26 heavy (non-hydrogen) atoms. The van der Waals surface area contributed by atoms with Gasteiger partial charge in [-0.25, -0.2) is 0 Å². The minimum Gasteiger partial charge on any atom is -0.493 e. The monoisotopic (exact) mass is 357 g/mol. The summed E-state index contributed by atoms with van der Waals surface area (Å²) in [7, 11) is 1.57. The van der Waals surface area contributed by atoms with Crippen molar-refractivity contribution >= 4 is 5.91 Å². The number of para-hydroxylation sites is 2. The summed E-state index contributed by atoms with van der Waals surface area (Å²) in [5.74, 6) is 1.75. The molecule has 0 aliphatic heterocycles. The van der Waals surface area contributed by atoms with E-state index in [1.807, 2.05) is 24.3 Å². The van der Waals surface area contributed by atoms with Gasteiger partial charge in [0.2, 0.25) is 0 Å². The van der Waals surface area contributed by atoms with E-state index in [1.54, 1.807) is 26.2 Å². The standard InChI is InChI=1S/C21H27NO4/c1-4-7-17-10-12-18(13-11-17)25-15-14-22-21(23)16(2)26-20-9-6-5-8-19(20)24-3/h5-6,8-13,16H,4,7,14-15H2,1-3H3,(H,22,23). The van der Waals surface area contributed by atoms with E-state index >= 15 is 0 Å². The fourth-order valence-electron chi connectivity index (χ4n) is 2.49. The third-order valence-corrected chi connectivity index (χ3v) is 3.87. The zero-order valence-electron chi connectivity index (χ0n) is 15.7. The highest BCUT2D eigenvalue weighted by Crippen LogP contribution is 2.26. The topological polar surface area (TPSA) is 56.8 Å². The van der Waals surface area contributed by atoms with E-state index in [0.717, 1.165) is 18.6 Å². The van der Waals surface area contributed by atoms with Crippen LogP contribution in [0.3, 0.4) is 0 Å². The summed E-state index contributed by atoms with van der Waals surface area (Å²) in [6.45, 7) is 4.68. The molecule has 1 N–H and O–H groups in total. The summed E-state index contributed by atoms with van der Waals surface area (Å²) in [5, 5.41) is 2.81. The molecule has 1 atom stereocenters. The lowest BCUT2D eigenvalue weighted by Gasteiger charge is -2.16.